The van der Waals surface area contributed by atoms with Gasteiger partial charge in [0, 0.05) is 22.9 Å². The first-order valence-corrected chi connectivity index (χ1v) is 6.05. The Morgan fingerprint density at radius 1 is 1.31 bits per heavy atom. The van der Waals surface area contributed by atoms with Crippen LogP contribution in [0.2, 0.25) is 0 Å². The van der Waals surface area contributed by atoms with Crippen LogP contribution in [0.1, 0.15) is 25.5 Å². The Balaban J connectivity index is 2.52. The minimum Gasteiger partial charge on any atom is -0.269 e. The molecule has 0 atom stereocenters. The Morgan fingerprint density at radius 2 is 2.06 bits per heavy atom. The third-order valence-corrected chi connectivity index (χ3v) is 3.07. The number of pyridine rings is 1. The summed E-state index contributed by atoms with van der Waals surface area (Å²) in [5, 5.41) is 4.56. The van der Waals surface area contributed by atoms with Crippen molar-refractivity contribution in [3.05, 3.63) is 34.6 Å². The van der Waals surface area contributed by atoms with Crippen LogP contribution >= 0.6 is 15.9 Å². The summed E-state index contributed by atoms with van der Waals surface area (Å²) >= 11 is 3.50. The Morgan fingerprint density at radius 3 is 2.62 bits per heavy atom. The maximum Gasteiger partial charge on any atom is 0.115 e. The summed E-state index contributed by atoms with van der Waals surface area (Å²) in [6, 6.07) is 4.26. The van der Waals surface area contributed by atoms with Gasteiger partial charge in [-0.3, -0.25) is 9.67 Å². The van der Waals surface area contributed by atoms with E-state index in [2.05, 4.69) is 53.0 Å². The molecule has 16 heavy (non-hydrogen) atoms. The van der Waals surface area contributed by atoms with Gasteiger partial charge < -0.3 is 0 Å². The molecule has 0 aliphatic rings. The molecule has 2 rings (SSSR count). The zero-order valence-electron chi connectivity index (χ0n) is 9.61. The number of nitrogens with zero attached hydrogens (tertiary/aromatic N) is 3. The van der Waals surface area contributed by atoms with Crippen molar-refractivity contribution in [3.8, 4) is 11.4 Å². The van der Waals surface area contributed by atoms with Gasteiger partial charge in [0.1, 0.15) is 11.4 Å². The lowest BCUT2D eigenvalue weighted by Gasteiger charge is -2.04. The van der Waals surface area contributed by atoms with Crippen molar-refractivity contribution in [1.82, 2.24) is 14.8 Å². The molecule has 0 amide bonds. The van der Waals surface area contributed by atoms with Crippen LogP contribution < -0.4 is 0 Å². The molecule has 84 valence electrons. The van der Waals surface area contributed by atoms with E-state index >= 15 is 0 Å². The first kappa shape index (κ1) is 11.3. The van der Waals surface area contributed by atoms with Gasteiger partial charge >= 0.3 is 0 Å². The van der Waals surface area contributed by atoms with Crippen LogP contribution in [0, 0.1) is 6.92 Å². The molecule has 0 unspecified atom stereocenters. The molecular formula is C12H14BrN3. The molecule has 0 N–H and O–H groups in total. The molecule has 0 bridgehead atoms. The summed E-state index contributed by atoms with van der Waals surface area (Å²) in [5.41, 5.74) is 2.99. The summed E-state index contributed by atoms with van der Waals surface area (Å²) in [6.07, 6.45) is 3.84. The van der Waals surface area contributed by atoms with Gasteiger partial charge in [-0.15, -0.1) is 0 Å². The van der Waals surface area contributed by atoms with Crippen LogP contribution in [0.25, 0.3) is 11.4 Å². The zero-order valence-corrected chi connectivity index (χ0v) is 11.2. The van der Waals surface area contributed by atoms with Crippen molar-refractivity contribution < 1.29 is 0 Å². The third kappa shape index (κ3) is 2.02. The minimum atomic E-state index is 0.370. The molecule has 2 heterocycles. The number of halogens is 1. The molecular weight excluding hydrogens is 266 g/mol. The topological polar surface area (TPSA) is 30.7 Å². The fraction of sp³-hybridized carbons (Fsp3) is 0.333. The van der Waals surface area contributed by atoms with Crippen molar-refractivity contribution in [2.75, 3.05) is 0 Å². The summed E-state index contributed by atoms with van der Waals surface area (Å²) in [7, 11) is 0. The zero-order chi connectivity index (χ0) is 11.7. The fourth-order valence-corrected chi connectivity index (χ4v) is 1.98. The second-order valence-corrected chi connectivity index (χ2v) is 4.92. The van der Waals surface area contributed by atoms with E-state index in [4.69, 9.17) is 0 Å². The smallest absolute Gasteiger partial charge is 0.115 e. The van der Waals surface area contributed by atoms with Crippen LogP contribution in [0.5, 0.6) is 0 Å². The van der Waals surface area contributed by atoms with Gasteiger partial charge in [0.05, 0.1) is 0 Å². The van der Waals surface area contributed by atoms with Gasteiger partial charge in [0.25, 0.3) is 0 Å². The highest BCUT2D eigenvalue weighted by Crippen LogP contribution is 2.27. The monoisotopic (exact) mass is 279 g/mol. The molecule has 0 spiro atoms. The first-order valence-electron chi connectivity index (χ1n) is 5.26. The minimum absolute atomic E-state index is 0.370. The third-order valence-electron chi connectivity index (χ3n) is 2.43. The van der Waals surface area contributed by atoms with E-state index in [1.54, 1.807) is 6.20 Å². The molecule has 0 fully saturated rings. The van der Waals surface area contributed by atoms with E-state index in [-0.39, 0.29) is 0 Å². The lowest BCUT2D eigenvalue weighted by atomic mass is 10.2. The molecule has 2 aromatic heterocycles. The maximum atomic E-state index is 4.56. The van der Waals surface area contributed by atoms with Crippen molar-refractivity contribution >= 4 is 15.9 Å². The van der Waals surface area contributed by atoms with Crippen LogP contribution in [0.3, 0.4) is 0 Å². The van der Waals surface area contributed by atoms with Gasteiger partial charge in [-0.1, -0.05) is 0 Å². The summed E-state index contributed by atoms with van der Waals surface area (Å²) in [6.45, 7) is 6.29. The van der Waals surface area contributed by atoms with Crippen molar-refractivity contribution in [2.45, 2.75) is 26.8 Å². The van der Waals surface area contributed by atoms with Gasteiger partial charge in [-0.25, -0.2) is 0 Å². The molecule has 0 saturated heterocycles. The van der Waals surface area contributed by atoms with E-state index in [9.17, 15) is 0 Å². The largest absolute Gasteiger partial charge is 0.269 e. The van der Waals surface area contributed by atoms with Crippen LogP contribution in [-0.4, -0.2) is 14.8 Å². The predicted octanol–water partition coefficient (Wildman–Crippen LogP) is 3.60. The quantitative estimate of drug-likeness (QED) is 0.841. The Labute approximate surface area is 104 Å². The average molecular weight is 280 g/mol. The highest BCUT2D eigenvalue weighted by Gasteiger charge is 2.12. The number of rotatable bonds is 2. The second-order valence-electron chi connectivity index (χ2n) is 4.07. The Bertz CT molecular complexity index is 503. The van der Waals surface area contributed by atoms with E-state index in [0.29, 0.717) is 6.04 Å². The van der Waals surface area contributed by atoms with Gasteiger partial charge in [0.15, 0.2) is 0 Å². The molecule has 0 aliphatic carbocycles. The molecule has 4 heteroatoms. The highest BCUT2D eigenvalue weighted by molar-refractivity contribution is 9.10. The second kappa shape index (κ2) is 4.37. The maximum absolute atomic E-state index is 4.56. The Kier molecular flexibility index (Phi) is 3.10. The summed E-state index contributed by atoms with van der Waals surface area (Å²) in [5.74, 6) is 0. The van der Waals surface area contributed by atoms with Gasteiger partial charge in [0.2, 0.25) is 0 Å². The molecule has 0 saturated carbocycles. The van der Waals surface area contributed by atoms with Crippen LogP contribution in [0.15, 0.2) is 29.0 Å². The number of aromatic nitrogens is 3. The average Bonchev–Trinajstić information content (AvgIpc) is 2.61. The number of hydrogen-bond acceptors (Lipinski definition) is 2. The van der Waals surface area contributed by atoms with E-state index in [1.165, 1.54) is 0 Å². The Hall–Kier alpha value is -1.16. The van der Waals surface area contributed by atoms with Gasteiger partial charge in [-0.2, -0.15) is 5.10 Å². The lowest BCUT2D eigenvalue weighted by molar-refractivity contribution is 0.533. The number of aryl methyl sites for hydroxylation is 1. The number of hydrogen-bond donors (Lipinski definition) is 0. The normalized spacial score (nSPS) is 11.1. The van der Waals surface area contributed by atoms with E-state index < -0.39 is 0 Å². The van der Waals surface area contributed by atoms with E-state index in [0.717, 1.165) is 21.4 Å². The lowest BCUT2D eigenvalue weighted by Crippen LogP contribution is -2.01. The summed E-state index contributed by atoms with van der Waals surface area (Å²) < 4.78 is 2.94. The van der Waals surface area contributed by atoms with Crippen molar-refractivity contribution in [3.63, 3.8) is 0 Å². The van der Waals surface area contributed by atoms with Crippen LogP contribution in [-0.2, 0) is 0 Å². The first-order chi connectivity index (χ1) is 7.59. The molecule has 0 aromatic carbocycles. The summed E-state index contributed by atoms with van der Waals surface area (Å²) in [4.78, 5) is 4.36. The van der Waals surface area contributed by atoms with E-state index in [1.807, 2.05) is 16.8 Å². The standard InChI is InChI=1S/C12H14BrN3/c1-8(2)16-7-9(3)11(15-16)12-10(13)5-4-6-14-12/h4-8H,1-3H3. The van der Waals surface area contributed by atoms with Crippen molar-refractivity contribution in [1.29, 1.82) is 0 Å². The van der Waals surface area contributed by atoms with Crippen LogP contribution in [0.4, 0.5) is 0 Å². The molecule has 2 aromatic rings. The van der Waals surface area contributed by atoms with Crippen molar-refractivity contribution in [2.24, 2.45) is 0 Å². The molecule has 0 aliphatic heterocycles. The highest BCUT2D eigenvalue weighted by atomic mass is 79.9. The van der Waals surface area contributed by atoms with Gasteiger partial charge in [-0.05, 0) is 54.4 Å². The molecule has 0 radical (unpaired) electrons. The fourth-order valence-electron chi connectivity index (χ4n) is 1.54. The SMILES string of the molecule is Cc1cn(C(C)C)nc1-c1ncccc1Br. The predicted molar refractivity (Wildman–Crippen MR) is 68.3 cm³/mol. The molecule has 3 nitrogen and oxygen atoms in total.